The molecule has 0 atom stereocenters. The van der Waals surface area contributed by atoms with E-state index in [0.29, 0.717) is 0 Å². The average Bonchev–Trinajstić information content (AvgIpc) is 1.92. The van der Waals surface area contributed by atoms with E-state index in [1.807, 2.05) is 0 Å². The van der Waals surface area contributed by atoms with Gasteiger partial charge in [0.25, 0.3) is 0 Å². The fourth-order valence-corrected chi connectivity index (χ4v) is 0. The van der Waals surface area contributed by atoms with E-state index in [9.17, 15) is 0 Å². The van der Waals surface area contributed by atoms with Crippen molar-refractivity contribution in [3.05, 3.63) is 0 Å². The summed E-state index contributed by atoms with van der Waals surface area (Å²) < 4.78 is 67.7. The van der Waals surface area contributed by atoms with E-state index in [1.54, 1.807) is 0 Å². The van der Waals surface area contributed by atoms with Gasteiger partial charge >= 0.3 is 180 Å². The monoisotopic (exact) mass is 414 g/mol. The zero-order valence-electron chi connectivity index (χ0n) is 6.99. The molecule has 0 amide bonds. The van der Waals surface area contributed by atoms with Crippen LogP contribution in [0.5, 0.6) is 0 Å². The van der Waals surface area contributed by atoms with Crippen molar-refractivity contribution in [2.24, 2.45) is 0 Å². The third-order valence-corrected chi connectivity index (χ3v) is 0. The summed E-state index contributed by atoms with van der Waals surface area (Å²) in [6, 6.07) is 0. The summed E-state index contributed by atoms with van der Waals surface area (Å²) in [7, 11) is 0. The standard InChI is InChI=1S/4Al.Ba.Ca.8O/q;;;;2*+2;;;;;4*-1. The molecule has 0 radical (unpaired) electrons. The van der Waals surface area contributed by atoms with Gasteiger partial charge in [0, 0.05) is 0 Å². The van der Waals surface area contributed by atoms with Crippen LogP contribution >= 0.6 is 0 Å². The topological polar surface area (TPSA) is 161 Å². The summed E-state index contributed by atoms with van der Waals surface area (Å²) in [5.41, 5.74) is 0. The molecular formula is Al4BaCaO8. The first kappa shape index (κ1) is 36.0. The molecule has 14 heavy (non-hydrogen) atoms. The summed E-state index contributed by atoms with van der Waals surface area (Å²) in [6.45, 7) is 0. The molecule has 0 N–H and O–H groups in total. The molecule has 0 aliphatic rings. The second-order valence-electron chi connectivity index (χ2n) is 0.385. The predicted molar refractivity (Wildman–Crippen MR) is 37.3 cm³/mol. The first-order valence-electron chi connectivity index (χ1n) is 1.89. The van der Waals surface area contributed by atoms with E-state index in [4.69, 9.17) is 31.8 Å². The van der Waals surface area contributed by atoms with Crippen LogP contribution in [-0.2, 0) is 15.2 Å². The van der Waals surface area contributed by atoms with Crippen molar-refractivity contribution in [3.8, 4) is 0 Å². The Morgan fingerprint density at radius 2 is 0.571 bits per heavy atom. The third-order valence-electron chi connectivity index (χ3n) is 0. The number of rotatable bonds is 0. The van der Waals surface area contributed by atoms with Gasteiger partial charge in [0.1, 0.15) is 0 Å². The molecule has 0 rings (SSSR count). The van der Waals surface area contributed by atoms with Gasteiger partial charge in [0.2, 0.25) is 0 Å². The van der Waals surface area contributed by atoms with Crippen LogP contribution in [0.25, 0.3) is 0 Å². The Bertz CT molecular complexity index is 75.3. The van der Waals surface area contributed by atoms with Crippen molar-refractivity contribution in [2.45, 2.75) is 0 Å². The van der Waals surface area contributed by atoms with Gasteiger partial charge in [-0.15, -0.1) is 0 Å². The molecule has 0 aliphatic carbocycles. The molecular weight excluding hydrogens is 413 g/mol. The number of hydrogen-bond donors (Lipinski definition) is 0. The van der Waals surface area contributed by atoms with Crippen LogP contribution in [0.2, 0.25) is 0 Å². The van der Waals surface area contributed by atoms with Gasteiger partial charge in [-0.25, -0.2) is 0 Å². The molecule has 0 aliphatic heterocycles. The Kier molecular flexibility index (Phi) is 183. The molecule has 0 fully saturated rings. The predicted octanol–water partition coefficient (Wildman–Crippen LogP) is -7.52. The molecule has 0 heterocycles. The maximum atomic E-state index is 8.46. The third kappa shape index (κ3) is 280. The van der Waals surface area contributed by atoms with Crippen LogP contribution in [0.1, 0.15) is 0 Å². The molecule has 8 nitrogen and oxygen atoms in total. The maximum absolute atomic E-state index is 8.46. The number of hydrogen-bond acceptors (Lipinski definition) is 8. The van der Waals surface area contributed by atoms with E-state index in [1.165, 1.54) is 0 Å². The summed E-state index contributed by atoms with van der Waals surface area (Å²) in [6.07, 6.45) is 0. The van der Waals surface area contributed by atoms with Gasteiger partial charge in [0.15, 0.2) is 0 Å². The van der Waals surface area contributed by atoms with Gasteiger partial charge in [-0.2, -0.15) is 0 Å². The van der Waals surface area contributed by atoms with Crippen LogP contribution < -0.4 is 16.6 Å². The summed E-state index contributed by atoms with van der Waals surface area (Å²) in [5.74, 6) is 0. The Labute approximate surface area is 176 Å². The minimum atomic E-state index is -1.75. The van der Waals surface area contributed by atoms with Gasteiger partial charge in [-0.3, -0.25) is 0 Å². The average molecular weight is 413 g/mol. The van der Waals surface area contributed by atoms with Crippen molar-refractivity contribution in [2.75, 3.05) is 0 Å². The van der Waals surface area contributed by atoms with Crippen LogP contribution in [0.3, 0.4) is 0 Å². The summed E-state index contributed by atoms with van der Waals surface area (Å²) in [5, 5.41) is 0. The van der Waals surface area contributed by atoms with E-state index in [0.717, 1.165) is 0 Å². The molecule has 0 aromatic heterocycles. The molecule has 0 saturated heterocycles. The zero-order chi connectivity index (χ0) is 10.8. The van der Waals surface area contributed by atoms with Crippen LogP contribution in [0.15, 0.2) is 0 Å². The molecule has 64 valence electrons. The molecule has 0 aromatic rings. The molecule has 0 spiro atoms. The molecule has 0 bridgehead atoms. The normalized spacial score (nSPS) is 2.29. The Balaban J connectivity index is -0.0000000145. The van der Waals surface area contributed by atoms with E-state index in [2.05, 4.69) is 0 Å². The Morgan fingerprint density at radius 3 is 0.571 bits per heavy atom. The molecule has 14 heteroatoms. The van der Waals surface area contributed by atoms with Gasteiger partial charge in [-0.05, 0) is 0 Å². The van der Waals surface area contributed by atoms with Crippen LogP contribution in [0.4, 0.5) is 0 Å². The quantitative estimate of drug-likeness (QED) is 0.354. The fourth-order valence-electron chi connectivity index (χ4n) is 0. The molecule has 0 aromatic carbocycles. The molecule has 0 unspecified atom stereocenters. The molecule has 0 saturated carbocycles. The second kappa shape index (κ2) is 71.2. The Hall–Kier alpha value is 3.36. The van der Waals surface area contributed by atoms with Crippen molar-refractivity contribution >= 4 is 149 Å². The minimum absolute atomic E-state index is 0. The van der Waals surface area contributed by atoms with Crippen molar-refractivity contribution < 1.29 is 31.8 Å². The van der Waals surface area contributed by atoms with Crippen LogP contribution in [0, 0.1) is 0 Å². The van der Waals surface area contributed by atoms with Gasteiger partial charge < -0.3 is 0 Å². The van der Waals surface area contributed by atoms with Crippen LogP contribution in [-0.4, -0.2) is 149 Å². The SMILES string of the molecule is [Ba+2].[Ca+2].[O]=[Al][O-].[O]=[Al][O-].[O]=[Al][O-].[O]=[Al][O-]. The van der Waals surface area contributed by atoms with Crippen molar-refractivity contribution in [1.82, 2.24) is 0 Å². The fraction of sp³-hybridized carbons (Fsp3) is 0. The second-order valence-corrected chi connectivity index (χ2v) is 1.15. The summed E-state index contributed by atoms with van der Waals surface area (Å²) in [4.78, 5) is 0. The van der Waals surface area contributed by atoms with E-state index < -0.39 is 61.9 Å². The van der Waals surface area contributed by atoms with E-state index in [-0.39, 0.29) is 86.6 Å². The van der Waals surface area contributed by atoms with Crippen molar-refractivity contribution in [1.29, 1.82) is 0 Å². The Morgan fingerprint density at radius 1 is 0.571 bits per heavy atom. The van der Waals surface area contributed by atoms with Gasteiger partial charge in [-0.1, -0.05) is 0 Å². The van der Waals surface area contributed by atoms with Crippen molar-refractivity contribution in [3.63, 3.8) is 0 Å². The first-order valence-corrected chi connectivity index (χ1v) is 5.66. The first-order chi connectivity index (χ1) is 5.66. The van der Waals surface area contributed by atoms with Gasteiger partial charge in [0.05, 0.1) is 0 Å². The van der Waals surface area contributed by atoms with E-state index >= 15 is 0 Å². The zero-order valence-corrected chi connectivity index (χ0v) is 18.3. The summed E-state index contributed by atoms with van der Waals surface area (Å²) >= 11 is -7.00.